The number of methoxy groups -OCH3 is 3. The fraction of sp³-hybridized carbons (Fsp3) is 0.174. The van der Waals surface area contributed by atoms with E-state index in [1.54, 1.807) is 68.8 Å². The lowest BCUT2D eigenvalue weighted by Crippen LogP contribution is -2.13. The van der Waals surface area contributed by atoms with Crippen molar-refractivity contribution in [2.45, 2.75) is 6.61 Å². The topological polar surface area (TPSA) is 66.0 Å². The number of hydrogen-bond acceptors (Lipinski definition) is 5. The van der Waals surface area contributed by atoms with Gasteiger partial charge < -0.3 is 24.3 Å². The summed E-state index contributed by atoms with van der Waals surface area (Å²) in [4.78, 5) is 12.8. The number of anilines is 1. The van der Waals surface area contributed by atoms with Crippen LogP contribution in [0, 0.1) is 0 Å². The molecule has 3 rings (SSSR count). The van der Waals surface area contributed by atoms with E-state index >= 15 is 0 Å². The lowest BCUT2D eigenvalue weighted by Gasteiger charge is -2.14. The van der Waals surface area contributed by atoms with Crippen LogP contribution in [0.15, 0.2) is 60.7 Å². The summed E-state index contributed by atoms with van der Waals surface area (Å²) in [6.45, 7) is 0.219. The number of halogens is 1. The zero-order valence-corrected chi connectivity index (χ0v) is 17.7. The van der Waals surface area contributed by atoms with Gasteiger partial charge in [0.2, 0.25) is 0 Å². The maximum atomic E-state index is 12.8. The Balaban J connectivity index is 1.79. The van der Waals surface area contributed by atoms with Gasteiger partial charge in [-0.05, 0) is 48.5 Å². The third kappa shape index (κ3) is 5.15. The first-order valence-corrected chi connectivity index (χ1v) is 9.50. The van der Waals surface area contributed by atoms with Crippen LogP contribution >= 0.6 is 11.6 Å². The zero-order chi connectivity index (χ0) is 21.5. The standard InChI is InChI=1S/C23H22ClNO5/c1-27-18-8-9-20(22(13-18)29-3)25-23(26)15-7-10-21(28-2)16(11-15)14-30-19-6-4-5-17(24)12-19/h4-13H,14H2,1-3H3,(H,25,26). The number of benzene rings is 3. The first-order valence-electron chi connectivity index (χ1n) is 9.12. The van der Waals surface area contributed by atoms with E-state index in [4.69, 9.17) is 30.5 Å². The molecule has 0 bridgehead atoms. The van der Waals surface area contributed by atoms with E-state index < -0.39 is 0 Å². The SMILES string of the molecule is COc1ccc(NC(=O)c2ccc(OC)c(COc3cccc(Cl)c3)c2)c(OC)c1. The van der Waals surface area contributed by atoms with Crippen LogP contribution in [-0.4, -0.2) is 27.2 Å². The van der Waals surface area contributed by atoms with E-state index in [0.29, 0.717) is 39.3 Å². The van der Waals surface area contributed by atoms with Crippen LogP contribution in [0.25, 0.3) is 0 Å². The summed E-state index contributed by atoms with van der Waals surface area (Å²) in [7, 11) is 4.67. The number of amides is 1. The van der Waals surface area contributed by atoms with Crippen LogP contribution in [0.4, 0.5) is 5.69 Å². The minimum atomic E-state index is -0.287. The normalized spacial score (nSPS) is 10.3. The van der Waals surface area contributed by atoms with E-state index in [0.717, 1.165) is 5.56 Å². The molecule has 0 aliphatic heterocycles. The van der Waals surface area contributed by atoms with E-state index in [-0.39, 0.29) is 12.5 Å². The molecule has 0 aromatic heterocycles. The Labute approximate surface area is 180 Å². The van der Waals surface area contributed by atoms with Crippen molar-refractivity contribution in [1.29, 1.82) is 0 Å². The summed E-state index contributed by atoms with van der Waals surface area (Å²) in [6.07, 6.45) is 0. The number of ether oxygens (including phenoxy) is 4. The molecule has 1 amide bonds. The van der Waals surface area contributed by atoms with Crippen LogP contribution in [0.3, 0.4) is 0 Å². The zero-order valence-electron chi connectivity index (χ0n) is 16.9. The predicted octanol–water partition coefficient (Wildman–Crippen LogP) is 5.20. The maximum Gasteiger partial charge on any atom is 0.255 e. The fourth-order valence-electron chi connectivity index (χ4n) is 2.85. The highest BCUT2D eigenvalue weighted by atomic mass is 35.5. The van der Waals surface area contributed by atoms with Gasteiger partial charge >= 0.3 is 0 Å². The lowest BCUT2D eigenvalue weighted by atomic mass is 10.1. The molecule has 0 fully saturated rings. The predicted molar refractivity (Wildman–Crippen MR) is 116 cm³/mol. The van der Waals surface area contributed by atoms with Crippen molar-refractivity contribution >= 4 is 23.2 Å². The Morgan fingerprint density at radius 3 is 2.37 bits per heavy atom. The molecule has 0 saturated heterocycles. The van der Waals surface area contributed by atoms with Gasteiger partial charge in [-0.1, -0.05) is 17.7 Å². The molecule has 3 aromatic rings. The number of carbonyl (C=O) groups is 1. The van der Waals surface area contributed by atoms with Crippen LogP contribution < -0.4 is 24.3 Å². The third-order valence-electron chi connectivity index (χ3n) is 4.39. The Kier molecular flexibility index (Phi) is 7.03. The molecule has 0 heterocycles. The average Bonchev–Trinajstić information content (AvgIpc) is 2.77. The second-order valence-electron chi connectivity index (χ2n) is 6.29. The van der Waals surface area contributed by atoms with Gasteiger partial charge in [-0.2, -0.15) is 0 Å². The van der Waals surface area contributed by atoms with Crippen molar-refractivity contribution in [2.24, 2.45) is 0 Å². The first kappa shape index (κ1) is 21.3. The van der Waals surface area contributed by atoms with Crippen molar-refractivity contribution < 1.29 is 23.7 Å². The fourth-order valence-corrected chi connectivity index (χ4v) is 3.03. The van der Waals surface area contributed by atoms with Crippen molar-refractivity contribution in [3.8, 4) is 23.0 Å². The van der Waals surface area contributed by atoms with Crippen LogP contribution in [0.2, 0.25) is 5.02 Å². The number of rotatable bonds is 8. The second kappa shape index (κ2) is 9.89. The van der Waals surface area contributed by atoms with E-state index in [9.17, 15) is 4.79 Å². The number of carbonyl (C=O) groups excluding carboxylic acids is 1. The van der Waals surface area contributed by atoms with Gasteiger partial charge in [0.1, 0.15) is 29.6 Å². The molecule has 0 radical (unpaired) electrons. The summed E-state index contributed by atoms with van der Waals surface area (Å²) in [6, 6.07) is 17.4. The highest BCUT2D eigenvalue weighted by Crippen LogP contribution is 2.30. The molecule has 1 N–H and O–H groups in total. The van der Waals surface area contributed by atoms with Crippen molar-refractivity contribution in [3.05, 3.63) is 76.8 Å². The van der Waals surface area contributed by atoms with Crippen LogP contribution in [0.1, 0.15) is 15.9 Å². The first-order chi connectivity index (χ1) is 14.5. The highest BCUT2D eigenvalue weighted by Gasteiger charge is 2.14. The molecule has 6 nitrogen and oxygen atoms in total. The summed E-state index contributed by atoms with van der Waals surface area (Å²) in [5.74, 6) is 2.10. The van der Waals surface area contributed by atoms with Crippen LogP contribution in [-0.2, 0) is 6.61 Å². The Hall–Kier alpha value is -3.38. The molecule has 7 heteroatoms. The molecule has 0 atom stereocenters. The molecule has 30 heavy (non-hydrogen) atoms. The van der Waals surface area contributed by atoms with Gasteiger partial charge in [0.15, 0.2) is 0 Å². The molecule has 0 aliphatic carbocycles. The molecule has 3 aromatic carbocycles. The molecule has 0 saturated carbocycles. The van der Waals surface area contributed by atoms with Crippen molar-refractivity contribution in [1.82, 2.24) is 0 Å². The average molecular weight is 428 g/mol. The van der Waals surface area contributed by atoms with Gasteiger partial charge in [0, 0.05) is 22.2 Å². The lowest BCUT2D eigenvalue weighted by molar-refractivity contribution is 0.102. The maximum absolute atomic E-state index is 12.8. The molecule has 156 valence electrons. The van der Waals surface area contributed by atoms with E-state index in [2.05, 4.69) is 5.32 Å². The largest absolute Gasteiger partial charge is 0.497 e. The smallest absolute Gasteiger partial charge is 0.255 e. The van der Waals surface area contributed by atoms with Gasteiger partial charge in [0.25, 0.3) is 5.91 Å². The summed E-state index contributed by atoms with van der Waals surface area (Å²) >= 11 is 6.00. The van der Waals surface area contributed by atoms with Crippen molar-refractivity contribution in [2.75, 3.05) is 26.6 Å². The number of nitrogens with one attached hydrogen (secondary N) is 1. The van der Waals surface area contributed by atoms with E-state index in [1.165, 1.54) is 7.11 Å². The Bertz CT molecular complexity index is 1040. The van der Waals surface area contributed by atoms with Gasteiger partial charge in [-0.15, -0.1) is 0 Å². The minimum absolute atomic E-state index is 0.219. The Morgan fingerprint density at radius 2 is 1.67 bits per heavy atom. The van der Waals surface area contributed by atoms with E-state index in [1.807, 2.05) is 6.07 Å². The molecule has 0 unspecified atom stereocenters. The molecule has 0 aliphatic rings. The van der Waals surface area contributed by atoms with Crippen molar-refractivity contribution in [3.63, 3.8) is 0 Å². The Morgan fingerprint density at radius 1 is 0.867 bits per heavy atom. The quantitative estimate of drug-likeness (QED) is 0.535. The third-order valence-corrected chi connectivity index (χ3v) is 4.63. The number of hydrogen-bond donors (Lipinski definition) is 1. The van der Waals surface area contributed by atoms with Gasteiger partial charge in [-0.25, -0.2) is 0 Å². The van der Waals surface area contributed by atoms with Gasteiger partial charge in [-0.3, -0.25) is 4.79 Å². The van der Waals surface area contributed by atoms with Gasteiger partial charge in [0.05, 0.1) is 27.0 Å². The minimum Gasteiger partial charge on any atom is -0.497 e. The summed E-state index contributed by atoms with van der Waals surface area (Å²) < 4.78 is 21.7. The summed E-state index contributed by atoms with van der Waals surface area (Å²) in [5.41, 5.74) is 1.72. The highest BCUT2D eigenvalue weighted by molar-refractivity contribution is 6.30. The second-order valence-corrected chi connectivity index (χ2v) is 6.73. The molecular formula is C23H22ClNO5. The van der Waals surface area contributed by atoms with Crippen LogP contribution in [0.5, 0.6) is 23.0 Å². The molecule has 0 spiro atoms. The summed E-state index contributed by atoms with van der Waals surface area (Å²) in [5, 5.41) is 3.44. The molecular weight excluding hydrogens is 406 g/mol. The monoisotopic (exact) mass is 427 g/mol.